The first-order valence-corrected chi connectivity index (χ1v) is 8.92. The molecule has 0 radical (unpaired) electrons. The monoisotopic (exact) mass is 316 g/mol. The Morgan fingerprint density at radius 1 is 1.14 bits per heavy atom. The lowest BCUT2D eigenvalue weighted by Crippen LogP contribution is -2.26. The summed E-state index contributed by atoms with van der Waals surface area (Å²) in [6, 6.07) is 2.58. The first-order valence-electron chi connectivity index (χ1n) is 7.43. The van der Waals surface area contributed by atoms with Crippen LogP contribution in [0.15, 0.2) is 17.0 Å². The third kappa shape index (κ3) is 5.63. The van der Waals surface area contributed by atoms with Gasteiger partial charge < -0.3 is 5.73 Å². The van der Waals surface area contributed by atoms with Gasteiger partial charge in [-0.15, -0.1) is 0 Å². The molecule has 1 aromatic rings. The second-order valence-electron chi connectivity index (χ2n) is 5.32. The molecule has 0 spiro atoms. The third-order valence-electron chi connectivity index (χ3n) is 3.36. The van der Waals surface area contributed by atoms with Gasteiger partial charge in [0, 0.05) is 12.2 Å². The van der Waals surface area contributed by atoms with Crippen LogP contribution in [0.3, 0.4) is 0 Å². The van der Waals surface area contributed by atoms with Crippen LogP contribution in [0.25, 0.3) is 0 Å². The predicted molar refractivity (Wildman–Crippen MR) is 84.1 cm³/mol. The first kappa shape index (κ1) is 17.9. The van der Waals surface area contributed by atoms with Crippen molar-refractivity contribution in [3.05, 3.63) is 23.5 Å². The molecule has 3 N–H and O–H groups in total. The van der Waals surface area contributed by atoms with Crippen molar-refractivity contribution in [2.75, 3.05) is 12.3 Å². The first-order chi connectivity index (χ1) is 9.88. The molecular weight excluding hydrogens is 291 g/mol. The summed E-state index contributed by atoms with van der Waals surface area (Å²) >= 11 is 0. The summed E-state index contributed by atoms with van der Waals surface area (Å²) in [7, 11) is -3.84. The van der Waals surface area contributed by atoms with E-state index in [9.17, 15) is 12.8 Å². The second kappa shape index (κ2) is 8.34. The van der Waals surface area contributed by atoms with Crippen LogP contribution in [-0.4, -0.2) is 15.0 Å². The molecule has 0 bridgehead atoms. The van der Waals surface area contributed by atoms with E-state index in [-0.39, 0.29) is 16.1 Å². The van der Waals surface area contributed by atoms with Gasteiger partial charge in [-0.05, 0) is 31.0 Å². The van der Waals surface area contributed by atoms with Crippen molar-refractivity contribution in [1.82, 2.24) is 4.72 Å². The van der Waals surface area contributed by atoms with Crippen LogP contribution in [0.2, 0.25) is 0 Å². The van der Waals surface area contributed by atoms with E-state index in [1.807, 2.05) is 0 Å². The molecule has 120 valence electrons. The Hall–Kier alpha value is -1.14. The Kier molecular flexibility index (Phi) is 7.11. The average Bonchev–Trinajstić information content (AvgIpc) is 2.41. The maximum atomic E-state index is 13.9. The largest absolute Gasteiger partial charge is 0.399 e. The SMILES string of the molecule is CCCCCCCCNS(=O)(=O)c1cc(N)cc(C)c1F. The Bertz CT molecular complexity index is 559. The van der Waals surface area contributed by atoms with E-state index in [0.717, 1.165) is 25.3 Å². The number of unbranched alkanes of at least 4 members (excludes halogenated alkanes) is 5. The molecular formula is C15H25FN2O2S. The Morgan fingerprint density at radius 2 is 1.76 bits per heavy atom. The fourth-order valence-corrected chi connectivity index (χ4v) is 3.41. The van der Waals surface area contributed by atoms with E-state index < -0.39 is 15.8 Å². The molecule has 0 aliphatic carbocycles. The highest BCUT2D eigenvalue weighted by Crippen LogP contribution is 2.21. The highest BCUT2D eigenvalue weighted by atomic mass is 32.2. The lowest BCUT2D eigenvalue weighted by Gasteiger charge is -2.10. The van der Waals surface area contributed by atoms with Crippen LogP contribution in [0.5, 0.6) is 0 Å². The Balaban J connectivity index is 2.55. The fraction of sp³-hybridized carbons (Fsp3) is 0.600. The number of rotatable bonds is 9. The molecule has 0 unspecified atom stereocenters. The number of halogens is 1. The number of hydrogen-bond acceptors (Lipinski definition) is 3. The van der Waals surface area contributed by atoms with Crippen molar-refractivity contribution in [3.63, 3.8) is 0 Å². The lowest BCUT2D eigenvalue weighted by atomic mass is 10.1. The van der Waals surface area contributed by atoms with Gasteiger partial charge in [0.1, 0.15) is 10.7 Å². The zero-order valence-corrected chi connectivity index (χ0v) is 13.6. The summed E-state index contributed by atoms with van der Waals surface area (Å²) < 4.78 is 40.5. The van der Waals surface area contributed by atoms with E-state index in [1.165, 1.54) is 32.3 Å². The molecule has 1 rings (SSSR count). The predicted octanol–water partition coefficient (Wildman–Crippen LogP) is 3.36. The maximum absolute atomic E-state index is 13.9. The van der Waals surface area contributed by atoms with Crippen LogP contribution >= 0.6 is 0 Å². The van der Waals surface area contributed by atoms with E-state index in [4.69, 9.17) is 5.73 Å². The van der Waals surface area contributed by atoms with Gasteiger partial charge in [-0.1, -0.05) is 39.0 Å². The topological polar surface area (TPSA) is 72.2 Å². The third-order valence-corrected chi connectivity index (χ3v) is 4.82. The van der Waals surface area contributed by atoms with E-state index in [0.29, 0.717) is 6.54 Å². The molecule has 0 aromatic heterocycles. The van der Waals surface area contributed by atoms with Crippen LogP contribution in [0, 0.1) is 12.7 Å². The number of sulfonamides is 1. The lowest BCUT2D eigenvalue weighted by molar-refractivity contribution is 0.547. The molecule has 0 aliphatic heterocycles. The molecule has 0 saturated carbocycles. The molecule has 21 heavy (non-hydrogen) atoms. The molecule has 0 saturated heterocycles. The van der Waals surface area contributed by atoms with Crippen molar-refractivity contribution >= 4 is 15.7 Å². The minimum Gasteiger partial charge on any atom is -0.399 e. The number of benzene rings is 1. The summed E-state index contributed by atoms with van der Waals surface area (Å²) in [4.78, 5) is -0.369. The van der Waals surface area contributed by atoms with Gasteiger partial charge in [-0.2, -0.15) is 0 Å². The molecule has 6 heteroatoms. The highest BCUT2D eigenvalue weighted by molar-refractivity contribution is 7.89. The Labute approximate surface area is 127 Å². The molecule has 0 atom stereocenters. The Morgan fingerprint density at radius 3 is 2.43 bits per heavy atom. The molecule has 0 amide bonds. The fourth-order valence-electron chi connectivity index (χ4n) is 2.15. The highest BCUT2D eigenvalue weighted by Gasteiger charge is 2.20. The van der Waals surface area contributed by atoms with Gasteiger partial charge in [-0.25, -0.2) is 17.5 Å². The summed E-state index contributed by atoms with van der Waals surface area (Å²) in [5.74, 6) is -0.736. The average molecular weight is 316 g/mol. The summed E-state index contributed by atoms with van der Waals surface area (Å²) in [6.07, 6.45) is 6.39. The maximum Gasteiger partial charge on any atom is 0.243 e. The molecule has 0 aliphatic rings. The van der Waals surface area contributed by atoms with E-state index in [2.05, 4.69) is 11.6 Å². The molecule has 1 aromatic carbocycles. The van der Waals surface area contributed by atoms with Crippen molar-refractivity contribution in [2.24, 2.45) is 0 Å². The molecule has 0 heterocycles. The summed E-state index contributed by atoms with van der Waals surface area (Å²) in [5, 5.41) is 0. The zero-order valence-electron chi connectivity index (χ0n) is 12.8. The van der Waals surface area contributed by atoms with Crippen molar-refractivity contribution < 1.29 is 12.8 Å². The van der Waals surface area contributed by atoms with E-state index in [1.54, 1.807) is 0 Å². The number of nitrogen functional groups attached to an aromatic ring is 1. The summed E-state index contributed by atoms with van der Waals surface area (Å²) in [5.41, 5.74) is 6.06. The smallest absolute Gasteiger partial charge is 0.243 e. The van der Waals surface area contributed by atoms with Crippen LogP contribution < -0.4 is 10.5 Å². The minimum atomic E-state index is -3.84. The van der Waals surface area contributed by atoms with Crippen LogP contribution in [-0.2, 0) is 10.0 Å². The van der Waals surface area contributed by atoms with Crippen molar-refractivity contribution in [1.29, 1.82) is 0 Å². The van der Waals surface area contributed by atoms with Gasteiger partial charge in [-0.3, -0.25) is 0 Å². The van der Waals surface area contributed by atoms with Crippen LogP contribution in [0.1, 0.15) is 51.0 Å². The minimum absolute atomic E-state index is 0.231. The van der Waals surface area contributed by atoms with Gasteiger partial charge in [0.05, 0.1) is 0 Å². The number of nitrogens with two attached hydrogens (primary N) is 1. The van der Waals surface area contributed by atoms with Crippen molar-refractivity contribution in [3.8, 4) is 0 Å². The second-order valence-corrected chi connectivity index (χ2v) is 7.05. The van der Waals surface area contributed by atoms with E-state index >= 15 is 0 Å². The summed E-state index contributed by atoms with van der Waals surface area (Å²) in [6.45, 7) is 3.97. The van der Waals surface area contributed by atoms with Crippen molar-refractivity contribution in [2.45, 2.75) is 57.3 Å². The molecule has 4 nitrogen and oxygen atoms in total. The normalized spacial score (nSPS) is 11.8. The number of nitrogens with one attached hydrogen (secondary N) is 1. The zero-order chi connectivity index (χ0) is 15.9. The quantitative estimate of drug-likeness (QED) is 0.542. The molecule has 0 fully saturated rings. The number of anilines is 1. The van der Waals surface area contributed by atoms with Gasteiger partial charge in [0.2, 0.25) is 10.0 Å². The van der Waals surface area contributed by atoms with Gasteiger partial charge >= 0.3 is 0 Å². The number of hydrogen-bond donors (Lipinski definition) is 2. The van der Waals surface area contributed by atoms with Gasteiger partial charge in [0.25, 0.3) is 0 Å². The van der Waals surface area contributed by atoms with Crippen LogP contribution in [0.4, 0.5) is 10.1 Å². The standard InChI is InChI=1S/C15H25FN2O2S/c1-3-4-5-6-7-8-9-18-21(19,20)14-11-13(17)10-12(2)15(14)16/h10-11,18H,3-9,17H2,1-2H3. The number of aryl methyl sites for hydroxylation is 1. The van der Waals surface area contributed by atoms with Gasteiger partial charge in [0.15, 0.2) is 0 Å².